The number of likely N-dealkylation sites (tertiary alicyclic amines) is 1. The van der Waals surface area contributed by atoms with E-state index in [9.17, 15) is 4.79 Å². The Morgan fingerprint density at radius 1 is 1.40 bits per heavy atom. The Morgan fingerprint density at radius 3 is 2.87 bits per heavy atom. The molecule has 1 unspecified atom stereocenters. The molecule has 1 aliphatic carbocycles. The number of nitrogens with one attached hydrogen (secondary N) is 2. The van der Waals surface area contributed by atoms with Gasteiger partial charge in [-0.05, 0) is 19.3 Å². The zero-order valence-corrected chi connectivity index (χ0v) is 8.91. The summed E-state index contributed by atoms with van der Waals surface area (Å²) in [6.45, 7) is 2.41. The highest BCUT2D eigenvalue weighted by Crippen LogP contribution is 2.29. The van der Waals surface area contributed by atoms with Crippen LogP contribution in [-0.2, 0) is 0 Å². The van der Waals surface area contributed by atoms with E-state index in [1.165, 1.54) is 12.8 Å². The highest BCUT2D eigenvalue weighted by molar-refractivity contribution is 5.74. The van der Waals surface area contributed by atoms with Crippen LogP contribution in [0.2, 0.25) is 0 Å². The molecule has 5 nitrogen and oxygen atoms in total. The molecule has 0 aromatic rings. The van der Waals surface area contributed by atoms with E-state index in [0.29, 0.717) is 6.54 Å². The van der Waals surface area contributed by atoms with Crippen LogP contribution >= 0.6 is 0 Å². The van der Waals surface area contributed by atoms with Gasteiger partial charge >= 0.3 is 6.03 Å². The fourth-order valence-electron chi connectivity index (χ4n) is 2.08. The van der Waals surface area contributed by atoms with Crippen molar-refractivity contribution in [1.82, 2.24) is 15.5 Å². The summed E-state index contributed by atoms with van der Waals surface area (Å²) in [5.74, 6) is 0. The largest absolute Gasteiger partial charge is 0.395 e. The summed E-state index contributed by atoms with van der Waals surface area (Å²) in [4.78, 5) is 13.8. The van der Waals surface area contributed by atoms with Gasteiger partial charge in [-0.15, -0.1) is 0 Å². The lowest BCUT2D eigenvalue weighted by Gasteiger charge is -2.15. The van der Waals surface area contributed by atoms with Crippen LogP contribution in [-0.4, -0.2) is 54.4 Å². The van der Waals surface area contributed by atoms with Crippen molar-refractivity contribution in [3.05, 3.63) is 0 Å². The molecule has 1 heterocycles. The minimum absolute atomic E-state index is 0.00765. The summed E-state index contributed by atoms with van der Waals surface area (Å²) in [5.41, 5.74) is 0. The van der Waals surface area contributed by atoms with Gasteiger partial charge in [0.1, 0.15) is 0 Å². The zero-order chi connectivity index (χ0) is 10.7. The lowest BCUT2D eigenvalue weighted by molar-refractivity contribution is 0.230. The molecular weight excluding hydrogens is 194 g/mol. The molecule has 1 atom stereocenters. The number of nitrogens with zero attached hydrogens (tertiary/aromatic N) is 1. The first-order valence-corrected chi connectivity index (χ1v) is 5.69. The lowest BCUT2D eigenvalue weighted by atomic mass is 10.3. The maximum atomic E-state index is 11.3. The molecular formula is C10H19N3O2. The molecule has 2 amide bonds. The Kier molecular flexibility index (Phi) is 3.43. The third-order valence-corrected chi connectivity index (χ3v) is 3.02. The van der Waals surface area contributed by atoms with Crippen molar-refractivity contribution < 1.29 is 9.90 Å². The number of aliphatic hydroxyl groups is 1. The second kappa shape index (κ2) is 4.81. The van der Waals surface area contributed by atoms with Crippen LogP contribution in [0.5, 0.6) is 0 Å². The minimum Gasteiger partial charge on any atom is -0.395 e. The SMILES string of the molecule is O=C(NCCO)NC1CCN(C2CC2)C1. The lowest BCUT2D eigenvalue weighted by Crippen LogP contribution is -2.44. The van der Waals surface area contributed by atoms with Crippen LogP contribution in [0.15, 0.2) is 0 Å². The minimum atomic E-state index is -0.160. The summed E-state index contributed by atoms with van der Waals surface area (Å²) >= 11 is 0. The van der Waals surface area contributed by atoms with Crippen molar-refractivity contribution in [2.24, 2.45) is 0 Å². The number of rotatable bonds is 4. The summed E-state index contributed by atoms with van der Waals surface area (Å²) in [6.07, 6.45) is 3.69. The van der Waals surface area contributed by atoms with E-state index in [-0.39, 0.29) is 18.7 Å². The van der Waals surface area contributed by atoms with E-state index in [1.54, 1.807) is 0 Å². The normalized spacial score (nSPS) is 26.6. The summed E-state index contributed by atoms with van der Waals surface area (Å²) in [6, 6.07) is 0.910. The highest BCUT2D eigenvalue weighted by atomic mass is 16.3. The number of carbonyl (C=O) groups excluding carboxylic acids is 1. The van der Waals surface area contributed by atoms with E-state index >= 15 is 0 Å². The summed E-state index contributed by atoms with van der Waals surface area (Å²) in [7, 11) is 0. The molecule has 2 fully saturated rings. The Hall–Kier alpha value is -0.810. The summed E-state index contributed by atoms with van der Waals surface area (Å²) in [5, 5.41) is 14.1. The molecule has 1 saturated carbocycles. The van der Waals surface area contributed by atoms with E-state index < -0.39 is 0 Å². The van der Waals surface area contributed by atoms with E-state index in [4.69, 9.17) is 5.11 Å². The monoisotopic (exact) mass is 213 g/mol. The molecule has 2 rings (SSSR count). The molecule has 0 radical (unpaired) electrons. The van der Waals surface area contributed by atoms with E-state index in [0.717, 1.165) is 25.6 Å². The average molecular weight is 213 g/mol. The number of hydrogen-bond donors (Lipinski definition) is 3. The van der Waals surface area contributed by atoms with Crippen LogP contribution in [0.1, 0.15) is 19.3 Å². The van der Waals surface area contributed by atoms with Gasteiger partial charge in [-0.25, -0.2) is 4.79 Å². The first-order valence-electron chi connectivity index (χ1n) is 5.69. The Balaban J connectivity index is 1.65. The van der Waals surface area contributed by atoms with Crippen molar-refractivity contribution in [2.45, 2.75) is 31.3 Å². The van der Waals surface area contributed by atoms with Crippen molar-refractivity contribution in [1.29, 1.82) is 0 Å². The third-order valence-electron chi connectivity index (χ3n) is 3.02. The summed E-state index contributed by atoms with van der Waals surface area (Å²) < 4.78 is 0. The number of urea groups is 1. The molecule has 0 aromatic heterocycles. The molecule has 2 aliphatic rings. The number of carbonyl (C=O) groups is 1. The molecule has 0 spiro atoms. The molecule has 86 valence electrons. The predicted molar refractivity (Wildman–Crippen MR) is 56.6 cm³/mol. The van der Waals surface area contributed by atoms with Gasteiger partial charge in [0.2, 0.25) is 0 Å². The van der Waals surface area contributed by atoms with Crippen molar-refractivity contribution in [3.63, 3.8) is 0 Å². The molecule has 0 bridgehead atoms. The third kappa shape index (κ3) is 3.07. The molecule has 5 heteroatoms. The van der Waals surface area contributed by atoms with Crippen LogP contribution in [0.4, 0.5) is 4.79 Å². The van der Waals surface area contributed by atoms with Crippen LogP contribution in [0.3, 0.4) is 0 Å². The van der Waals surface area contributed by atoms with Gasteiger partial charge in [0, 0.05) is 31.7 Å². The molecule has 15 heavy (non-hydrogen) atoms. The fraction of sp³-hybridized carbons (Fsp3) is 0.900. The first-order chi connectivity index (χ1) is 7.29. The Labute approximate surface area is 89.8 Å². The van der Waals surface area contributed by atoms with E-state index in [1.807, 2.05) is 0 Å². The highest BCUT2D eigenvalue weighted by Gasteiger charge is 2.34. The maximum Gasteiger partial charge on any atom is 0.315 e. The Morgan fingerprint density at radius 2 is 2.20 bits per heavy atom. The second-order valence-corrected chi connectivity index (χ2v) is 4.34. The van der Waals surface area contributed by atoms with Gasteiger partial charge in [-0.2, -0.15) is 0 Å². The fourth-order valence-corrected chi connectivity index (χ4v) is 2.08. The van der Waals surface area contributed by atoms with E-state index in [2.05, 4.69) is 15.5 Å². The maximum absolute atomic E-state index is 11.3. The van der Waals surface area contributed by atoms with Crippen molar-refractivity contribution in [2.75, 3.05) is 26.2 Å². The van der Waals surface area contributed by atoms with Gasteiger partial charge in [0.25, 0.3) is 0 Å². The van der Waals surface area contributed by atoms with Gasteiger partial charge in [-0.1, -0.05) is 0 Å². The van der Waals surface area contributed by atoms with Crippen LogP contribution in [0.25, 0.3) is 0 Å². The molecule has 1 saturated heterocycles. The molecule has 0 aromatic carbocycles. The number of aliphatic hydroxyl groups excluding tert-OH is 1. The molecule has 1 aliphatic heterocycles. The van der Waals surface area contributed by atoms with Crippen molar-refractivity contribution in [3.8, 4) is 0 Å². The Bertz CT molecular complexity index is 231. The van der Waals surface area contributed by atoms with Gasteiger partial charge in [0.05, 0.1) is 6.61 Å². The predicted octanol–water partition coefficient (Wildman–Crippen LogP) is -0.485. The van der Waals surface area contributed by atoms with Gasteiger partial charge in [0.15, 0.2) is 0 Å². The number of hydrogen-bond acceptors (Lipinski definition) is 3. The first kappa shape index (κ1) is 10.7. The zero-order valence-electron chi connectivity index (χ0n) is 8.91. The smallest absolute Gasteiger partial charge is 0.315 e. The quantitative estimate of drug-likeness (QED) is 0.590. The average Bonchev–Trinajstić information content (AvgIpc) is 2.98. The second-order valence-electron chi connectivity index (χ2n) is 4.34. The van der Waals surface area contributed by atoms with Gasteiger partial charge < -0.3 is 15.7 Å². The van der Waals surface area contributed by atoms with Crippen molar-refractivity contribution >= 4 is 6.03 Å². The van der Waals surface area contributed by atoms with Crippen LogP contribution < -0.4 is 10.6 Å². The topological polar surface area (TPSA) is 64.6 Å². The van der Waals surface area contributed by atoms with Crippen LogP contribution in [0, 0.1) is 0 Å². The standard InChI is InChI=1S/C10H19N3O2/c14-6-4-11-10(15)12-8-3-5-13(7-8)9-1-2-9/h8-9,14H,1-7H2,(H2,11,12,15). The molecule has 3 N–H and O–H groups in total. The number of amides is 2. The van der Waals surface area contributed by atoms with Gasteiger partial charge in [-0.3, -0.25) is 4.90 Å².